The monoisotopic (exact) mass is 377 g/mol. The maximum Gasteiger partial charge on any atom is 0.251 e. The molecule has 1 amide bonds. The zero-order valence-corrected chi connectivity index (χ0v) is 15.2. The van der Waals surface area contributed by atoms with Gasteiger partial charge in [0.1, 0.15) is 5.82 Å². The van der Waals surface area contributed by atoms with Gasteiger partial charge in [-0.15, -0.1) is 0 Å². The second kappa shape index (κ2) is 7.83. The molecule has 0 atom stereocenters. The van der Waals surface area contributed by atoms with Gasteiger partial charge >= 0.3 is 0 Å². The summed E-state index contributed by atoms with van der Waals surface area (Å²) in [6, 6.07) is 14.7. The van der Waals surface area contributed by atoms with Gasteiger partial charge in [-0.1, -0.05) is 18.2 Å². The molecule has 2 heterocycles. The largest absolute Gasteiger partial charge is 0.454 e. The molecule has 1 aliphatic rings. The smallest absolute Gasteiger partial charge is 0.251 e. The van der Waals surface area contributed by atoms with Gasteiger partial charge in [0, 0.05) is 36.6 Å². The van der Waals surface area contributed by atoms with Crippen LogP contribution in [-0.2, 0) is 6.54 Å². The summed E-state index contributed by atoms with van der Waals surface area (Å²) in [5.74, 6) is 2.45. The van der Waals surface area contributed by atoms with E-state index >= 15 is 0 Å². The first kappa shape index (κ1) is 17.6. The second-order valence-corrected chi connectivity index (χ2v) is 6.05. The minimum Gasteiger partial charge on any atom is -0.454 e. The van der Waals surface area contributed by atoms with Gasteiger partial charge < -0.3 is 25.4 Å². The van der Waals surface area contributed by atoms with Crippen LogP contribution in [0, 0.1) is 0 Å². The van der Waals surface area contributed by atoms with E-state index in [0.29, 0.717) is 23.9 Å². The number of anilines is 3. The molecule has 0 saturated heterocycles. The van der Waals surface area contributed by atoms with Crippen molar-refractivity contribution in [1.29, 1.82) is 0 Å². The van der Waals surface area contributed by atoms with Gasteiger partial charge in [0.2, 0.25) is 12.7 Å². The lowest BCUT2D eigenvalue weighted by atomic mass is 10.2. The van der Waals surface area contributed by atoms with Crippen molar-refractivity contribution >= 4 is 23.4 Å². The Labute approximate surface area is 161 Å². The Morgan fingerprint density at radius 1 is 1.14 bits per heavy atom. The summed E-state index contributed by atoms with van der Waals surface area (Å²) in [5.41, 5.74) is 2.27. The predicted molar refractivity (Wildman–Crippen MR) is 105 cm³/mol. The Morgan fingerprint density at radius 3 is 2.93 bits per heavy atom. The number of hydrogen-bond donors (Lipinski definition) is 3. The Bertz CT molecular complexity index is 1010. The third-order valence-electron chi connectivity index (χ3n) is 4.20. The van der Waals surface area contributed by atoms with Crippen molar-refractivity contribution in [2.75, 3.05) is 24.5 Å². The average Bonchev–Trinajstić information content (AvgIpc) is 3.21. The van der Waals surface area contributed by atoms with Crippen molar-refractivity contribution < 1.29 is 14.3 Å². The SMILES string of the molecule is CNC(=O)c1cccc(Nc2nccc(NCc3cccc4c3OCO4)n2)c1. The summed E-state index contributed by atoms with van der Waals surface area (Å²) in [7, 11) is 1.60. The summed E-state index contributed by atoms with van der Waals surface area (Å²) in [6.07, 6.45) is 1.66. The van der Waals surface area contributed by atoms with Crippen molar-refractivity contribution in [2.45, 2.75) is 6.54 Å². The van der Waals surface area contributed by atoms with E-state index in [2.05, 4.69) is 25.9 Å². The number of benzene rings is 2. The molecule has 0 radical (unpaired) electrons. The number of nitrogens with one attached hydrogen (secondary N) is 3. The molecule has 0 unspecified atom stereocenters. The van der Waals surface area contributed by atoms with E-state index in [1.54, 1.807) is 37.5 Å². The lowest BCUT2D eigenvalue weighted by Gasteiger charge is -2.10. The summed E-state index contributed by atoms with van der Waals surface area (Å²) in [5, 5.41) is 8.99. The maximum atomic E-state index is 11.8. The van der Waals surface area contributed by atoms with Crippen LogP contribution >= 0.6 is 0 Å². The lowest BCUT2D eigenvalue weighted by molar-refractivity contribution is 0.0963. The normalized spacial score (nSPS) is 11.8. The number of nitrogens with zero attached hydrogens (tertiary/aromatic N) is 2. The van der Waals surface area contributed by atoms with Crippen LogP contribution in [0.25, 0.3) is 0 Å². The van der Waals surface area contributed by atoms with E-state index in [-0.39, 0.29) is 12.7 Å². The van der Waals surface area contributed by atoms with Crippen LogP contribution in [0.4, 0.5) is 17.5 Å². The summed E-state index contributed by atoms with van der Waals surface area (Å²) < 4.78 is 10.9. The van der Waals surface area contributed by atoms with Gasteiger partial charge in [-0.3, -0.25) is 4.79 Å². The van der Waals surface area contributed by atoms with Gasteiger partial charge in [-0.2, -0.15) is 4.98 Å². The first-order chi connectivity index (χ1) is 13.7. The van der Waals surface area contributed by atoms with E-state index in [0.717, 1.165) is 22.7 Å². The van der Waals surface area contributed by atoms with Crippen LogP contribution in [0.2, 0.25) is 0 Å². The van der Waals surface area contributed by atoms with Crippen molar-refractivity contribution in [2.24, 2.45) is 0 Å². The van der Waals surface area contributed by atoms with E-state index in [4.69, 9.17) is 9.47 Å². The molecular weight excluding hydrogens is 358 g/mol. The molecule has 0 spiro atoms. The number of ether oxygens (including phenoxy) is 2. The van der Waals surface area contributed by atoms with E-state index < -0.39 is 0 Å². The molecule has 28 heavy (non-hydrogen) atoms. The number of rotatable bonds is 6. The van der Waals surface area contributed by atoms with E-state index in [1.807, 2.05) is 24.3 Å². The highest BCUT2D eigenvalue weighted by atomic mass is 16.7. The van der Waals surface area contributed by atoms with Gasteiger partial charge in [0.15, 0.2) is 11.5 Å². The summed E-state index contributed by atoms with van der Waals surface area (Å²) in [4.78, 5) is 20.5. The van der Waals surface area contributed by atoms with Gasteiger partial charge in [0.25, 0.3) is 5.91 Å². The third kappa shape index (κ3) is 3.80. The minimum absolute atomic E-state index is 0.151. The van der Waals surface area contributed by atoms with Crippen LogP contribution in [0.5, 0.6) is 11.5 Å². The molecule has 0 bridgehead atoms. The molecule has 8 nitrogen and oxygen atoms in total. The van der Waals surface area contributed by atoms with Crippen LogP contribution < -0.4 is 25.4 Å². The molecule has 142 valence electrons. The third-order valence-corrected chi connectivity index (χ3v) is 4.20. The predicted octanol–water partition coefficient (Wildman–Crippen LogP) is 2.92. The van der Waals surface area contributed by atoms with Crippen molar-refractivity contribution in [3.63, 3.8) is 0 Å². The van der Waals surface area contributed by atoms with Crippen LogP contribution in [0.1, 0.15) is 15.9 Å². The number of para-hydroxylation sites is 1. The molecule has 1 aliphatic heterocycles. The molecule has 3 aromatic rings. The number of aromatic nitrogens is 2. The Kier molecular flexibility index (Phi) is 4.92. The standard InChI is InChI=1S/C20H19N5O3/c1-21-19(26)13-4-2-6-15(10-13)24-20-22-9-8-17(25-20)23-11-14-5-3-7-16-18(14)28-12-27-16/h2-10H,11-12H2,1H3,(H,21,26)(H2,22,23,24,25). The molecule has 1 aromatic heterocycles. The van der Waals surface area contributed by atoms with Crippen molar-refractivity contribution in [3.8, 4) is 11.5 Å². The van der Waals surface area contributed by atoms with Crippen LogP contribution in [0.3, 0.4) is 0 Å². The molecule has 0 saturated carbocycles. The van der Waals surface area contributed by atoms with Crippen molar-refractivity contribution in [1.82, 2.24) is 15.3 Å². The fraction of sp³-hybridized carbons (Fsp3) is 0.150. The highest BCUT2D eigenvalue weighted by Gasteiger charge is 2.16. The quantitative estimate of drug-likeness (QED) is 0.608. The fourth-order valence-electron chi connectivity index (χ4n) is 2.84. The van der Waals surface area contributed by atoms with Gasteiger partial charge in [-0.05, 0) is 30.3 Å². The molecule has 3 N–H and O–H groups in total. The minimum atomic E-state index is -0.151. The van der Waals surface area contributed by atoms with Crippen LogP contribution in [-0.4, -0.2) is 29.7 Å². The Balaban J connectivity index is 1.45. The van der Waals surface area contributed by atoms with Crippen LogP contribution in [0.15, 0.2) is 54.7 Å². The molecular formula is C20H19N5O3. The molecule has 4 rings (SSSR count). The van der Waals surface area contributed by atoms with Gasteiger partial charge in [-0.25, -0.2) is 4.98 Å². The number of fused-ring (bicyclic) bond motifs is 1. The highest BCUT2D eigenvalue weighted by Crippen LogP contribution is 2.35. The average molecular weight is 377 g/mol. The summed E-state index contributed by atoms with van der Waals surface area (Å²) in [6.45, 7) is 0.776. The molecule has 2 aromatic carbocycles. The molecule has 0 aliphatic carbocycles. The number of carbonyl (C=O) groups is 1. The second-order valence-electron chi connectivity index (χ2n) is 6.05. The number of hydrogen-bond acceptors (Lipinski definition) is 7. The first-order valence-corrected chi connectivity index (χ1v) is 8.76. The Hall–Kier alpha value is -3.81. The lowest BCUT2D eigenvalue weighted by Crippen LogP contribution is -2.17. The maximum absolute atomic E-state index is 11.8. The molecule has 8 heteroatoms. The van der Waals surface area contributed by atoms with E-state index in [9.17, 15) is 4.79 Å². The highest BCUT2D eigenvalue weighted by molar-refractivity contribution is 5.95. The zero-order chi connectivity index (χ0) is 19.3. The first-order valence-electron chi connectivity index (χ1n) is 8.76. The zero-order valence-electron chi connectivity index (χ0n) is 15.2. The number of amides is 1. The fourth-order valence-corrected chi connectivity index (χ4v) is 2.84. The number of carbonyl (C=O) groups excluding carboxylic acids is 1. The summed E-state index contributed by atoms with van der Waals surface area (Å²) >= 11 is 0. The Morgan fingerprint density at radius 2 is 2.04 bits per heavy atom. The van der Waals surface area contributed by atoms with Gasteiger partial charge in [0.05, 0.1) is 0 Å². The molecule has 0 fully saturated rings. The van der Waals surface area contributed by atoms with E-state index in [1.165, 1.54) is 0 Å². The van der Waals surface area contributed by atoms with Crippen molar-refractivity contribution in [3.05, 3.63) is 65.9 Å². The topological polar surface area (TPSA) is 97.4 Å².